The van der Waals surface area contributed by atoms with Gasteiger partial charge in [0.05, 0.1) is 17.7 Å². The summed E-state index contributed by atoms with van der Waals surface area (Å²) in [6, 6.07) is 11.3. The summed E-state index contributed by atoms with van der Waals surface area (Å²) in [6.45, 7) is 2.78. The zero-order chi connectivity index (χ0) is 18.4. The minimum absolute atomic E-state index is 0.000403. The quantitative estimate of drug-likeness (QED) is 0.706. The summed E-state index contributed by atoms with van der Waals surface area (Å²) in [7, 11) is 1.63. The molecule has 1 amide bonds. The second-order valence-electron chi connectivity index (χ2n) is 5.80. The predicted octanol–water partition coefficient (Wildman–Crippen LogP) is 4.49. The largest absolute Gasteiger partial charge is 0.497 e. The number of methoxy groups -OCH3 is 1. The van der Waals surface area contributed by atoms with E-state index in [-0.39, 0.29) is 5.91 Å². The van der Waals surface area contributed by atoms with Gasteiger partial charge in [0.15, 0.2) is 5.17 Å². The van der Waals surface area contributed by atoms with E-state index in [0.717, 1.165) is 29.8 Å². The maximum atomic E-state index is 12.8. The minimum Gasteiger partial charge on any atom is -0.497 e. The van der Waals surface area contributed by atoms with Crippen LogP contribution in [0.1, 0.15) is 25.3 Å². The molecule has 0 radical (unpaired) electrons. The third-order valence-corrected chi connectivity index (χ3v) is 4.91. The number of hydrogen-bond donors (Lipinski definition) is 0. The van der Waals surface area contributed by atoms with Crippen LogP contribution in [0.2, 0.25) is 0 Å². The van der Waals surface area contributed by atoms with Gasteiger partial charge in [-0.2, -0.15) is 0 Å². The molecule has 0 N–H and O–H groups in total. The fraction of sp³-hybridized carbons (Fsp3) is 0.250. The van der Waals surface area contributed by atoms with Crippen LogP contribution in [-0.4, -0.2) is 34.6 Å². The first-order valence-electron chi connectivity index (χ1n) is 8.55. The zero-order valence-electron chi connectivity index (χ0n) is 14.9. The Balaban J connectivity index is 1.89. The lowest BCUT2D eigenvalue weighted by molar-refractivity contribution is -0.122. The summed E-state index contributed by atoms with van der Waals surface area (Å²) in [5.41, 5.74) is 1.70. The lowest BCUT2D eigenvalue weighted by atomic mass is 10.2. The van der Waals surface area contributed by atoms with Gasteiger partial charge in [-0.05, 0) is 60.2 Å². The molecule has 2 heterocycles. The minimum atomic E-state index is -0.000403. The maximum absolute atomic E-state index is 12.8. The molecule has 0 unspecified atom stereocenters. The van der Waals surface area contributed by atoms with Crippen molar-refractivity contribution in [1.82, 2.24) is 9.88 Å². The highest BCUT2D eigenvalue weighted by molar-refractivity contribution is 8.18. The summed E-state index contributed by atoms with van der Waals surface area (Å²) < 4.78 is 5.18. The van der Waals surface area contributed by atoms with Crippen LogP contribution in [0.3, 0.4) is 0 Å². The van der Waals surface area contributed by atoms with E-state index in [4.69, 9.17) is 4.74 Å². The van der Waals surface area contributed by atoms with E-state index in [1.165, 1.54) is 11.8 Å². The van der Waals surface area contributed by atoms with E-state index in [9.17, 15) is 4.79 Å². The summed E-state index contributed by atoms with van der Waals surface area (Å²) in [5, 5.41) is 0.712. The molecule has 0 bridgehead atoms. The van der Waals surface area contributed by atoms with Crippen molar-refractivity contribution in [2.75, 3.05) is 13.7 Å². The molecule has 0 aliphatic carbocycles. The fourth-order valence-electron chi connectivity index (χ4n) is 2.48. The number of unbranched alkanes of at least 4 members (excludes halogenated alkanes) is 1. The molecule has 3 rings (SSSR count). The van der Waals surface area contributed by atoms with Crippen LogP contribution in [0.25, 0.3) is 6.08 Å². The van der Waals surface area contributed by atoms with E-state index in [1.54, 1.807) is 24.4 Å². The van der Waals surface area contributed by atoms with Crippen LogP contribution in [0.4, 0.5) is 5.69 Å². The van der Waals surface area contributed by atoms with Crippen molar-refractivity contribution in [1.29, 1.82) is 0 Å². The van der Waals surface area contributed by atoms with Crippen molar-refractivity contribution < 1.29 is 9.53 Å². The molecule has 0 saturated carbocycles. The Labute approximate surface area is 157 Å². The summed E-state index contributed by atoms with van der Waals surface area (Å²) in [4.78, 5) is 24.1. The molecule has 1 aliphatic rings. The number of carbonyl (C=O) groups excluding carboxylic acids is 1. The number of ether oxygens (including phenoxy) is 1. The van der Waals surface area contributed by atoms with Crippen LogP contribution in [0.5, 0.6) is 5.75 Å². The number of rotatable bonds is 6. The fourth-order valence-corrected chi connectivity index (χ4v) is 3.51. The molecular weight excluding hydrogens is 346 g/mol. The molecule has 0 spiro atoms. The van der Waals surface area contributed by atoms with Gasteiger partial charge < -0.3 is 4.74 Å². The number of aromatic nitrogens is 1. The molecule has 6 heteroatoms. The molecule has 1 saturated heterocycles. The highest BCUT2D eigenvalue weighted by atomic mass is 32.2. The summed E-state index contributed by atoms with van der Waals surface area (Å²) in [6.07, 6.45) is 7.29. The van der Waals surface area contributed by atoms with Crippen LogP contribution in [0.15, 0.2) is 58.7 Å². The monoisotopic (exact) mass is 367 g/mol. The second-order valence-corrected chi connectivity index (χ2v) is 6.81. The predicted molar refractivity (Wildman–Crippen MR) is 107 cm³/mol. The number of amidine groups is 1. The normalized spacial score (nSPS) is 17.3. The number of benzene rings is 1. The number of carbonyl (C=O) groups is 1. The lowest BCUT2D eigenvalue weighted by Crippen LogP contribution is -2.30. The van der Waals surface area contributed by atoms with Gasteiger partial charge in [-0.1, -0.05) is 19.4 Å². The van der Waals surface area contributed by atoms with Gasteiger partial charge in [0.25, 0.3) is 5.91 Å². The molecular formula is C20H21N3O2S. The Bertz CT molecular complexity index is 817. The molecule has 0 atom stereocenters. The third kappa shape index (κ3) is 4.32. The van der Waals surface area contributed by atoms with Crippen molar-refractivity contribution in [3.05, 3.63) is 59.3 Å². The van der Waals surface area contributed by atoms with Crippen LogP contribution >= 0.6 is 11.8 Å². The van der Waals surface area contributed by atoms with Crippen molar-refractivity contribution in [2.24, 2.45) is 4.99 Å². The van der Waals surface area contributed by atoms with Crippen molar-refractivity contribution in [3.63, 3.8) is 0 Å². The van der Waals surface area contributed by atoms with Gasteiger partial charge in [0, 0.05) is 18.9 Å². The SMILES string of the molecule is CCCCN1C(=O)/C(=C\c2cccnc2)SC1=Nc1ccc(OC)cc1. The highest BCUT2D eigenvalue weighted by Gasteiger charge is 2.32. The molecule has 2 aromatic rings. The first-order chi connectivity index (χ1) is 12.7. The average Bonchev–Trinajstić information content (AvgIpc) is 2.96. The molecule has 134 valence electrons. The number of amides is 1. The number of aliphatic imine (C=N–C) groups is 1. The van der Waals surface area contributed by atoms with Crippen molar-refractivity contribution >= 4 is 34.6 Å². The number of hydrogen-bond acceptors (Lipinski definition) is 5. The number of pyridine rings is 1. The Morgan fingerprint density at radius 2 is 2.08 bits per heavy atom. The lowest BCUT2D eigenvalue weighted by Gasteiger charge is -2.14. The Morgan fingerprint density at radius 3 is 2.73 bits per heavy atom. The first-order valence-corrected chi connectivity index (χ1v) is 9.37. The second kappa shape index (κ2) is 8.67. The van der Waals surface area contributed by atoms with Gasteiger partial charge in [-0.3, -0.25) is 14.7 Å². The molecule has 26 heavy (non-hydrogen) atoms. The standard InChI is InChI=1S/C20H21N3O2S/c1-3-4-12-23-19(24)18(13-15-6-5-11-21-14-15)26-20(23)22-16-7-9-17(25-2)10-8-16/h5-11,13-14H,3-4,12H2,1-2H3/b18-13+,22-20?. The van der Waals surface area contributed by atoms with Gasteiger partial charge in [0.1, 0.15) is 5.75 Å². The van der Waals surface area contributed by atoms with Gasteiger partial charge >= 0.3 is 0 Å². The molecule has 1 aromatic heterocycles. The molecule has 1 fully saturated rings. The average molecular weight is 367 g/mol. The van der Waals surface area contributed by atoms with E-state index >= 15 is 0 Å². The maximum Gasteiger partial charge on any atom is 0.266 e. The Morgan fingerprint density at radius 1 is 1.27 bits per heavy atom. The van der Waals surface area contributed by atoms with Gasteiger partial charge in [-0.25, -0.2) is 4.99 Å². The highest BCUT2D eigenvalue weighted by Crippen LogP contribution is 2.34. The number of thioether (sulfide) groups is 1. The number of nitrogens with zero attached hydrogens (tertiary/aromatic N) is 3. The summed E-state index contributed by atoms with van der Waals surface area (Å²) >= 11 is 1.41. The smallest absolute Gasteiger partial charge is 0.266 e. The summed E-state index contributed by atoms with van der Waals surface area (Å²) in [5.74, 6) is 0.781. The third-order valence-electron chi connectivity index (χ3n) is 3.90. The van der Waals surface area contributed by atoms with E-state index < -0.39 is 0 Å². The van der Waals surface area contributed by atoms with Gasteiger partial charge in [-0.15, -0.1) is 0 Å². The Hall–Kier alpha value is -2.60. The van der Waals surface area contributed by atoms with E-state index in [1.807, 2.05) is 42.5 Å². The topological polar surface area (TPSA) is 54.8 Å². The zero-order valence-corrected chi connectivity index (χ0v) is 15.7. The van der Waals surface area contributed by atoms with Crippen molar-refractivity contribution in [2.45, 2.75) is 19.8 Å². The molecule has 1 aromatic carbocycles. The molecule has 1 aliphatic heterocycles. The van der Waals surface area contributed by atoms with Crippen LogP contribution < -0.4 is 4.74 Å². The van der Waals surface area contributed by atoms with Crippen molar-refractivity contribution in [3.8, 4) is 5.75 Å². The molecule has 5 nitrogen and oxygen atoms in total. The van der Waals surface area contributed by atoms with Crippen LogP contribution in [-0.2, 0) is 4.79 Å². The van der Waals surface area contributed by atoms with E-state index in [2.05, 4.69) is 16.9 Å². The Kier molecular flexibility index (Phi) is 6.07. The van der Waals surface area contributed by atoms with Gasteiger partial charge in [0.2, 0.25) is 0 Å². The van der Waals surface area contributed by atoms with E-state index in [0.29, 0.717) is 16.6 Å². The van der Waals surface area contributed by atoms with Crippen LogP contribution in [0, 0.1) is 0 Å². The first kappa shape index (κ1) is 18.2.